The lowest BCUT2D eigenvalue weighted by Crippen LogP contribution is -2.47. The van der Waals surface area contributed by atoms with Gasteiger partial charge in [-0.25, -0.2) is 4.98 Å². The van der Waals surface area contributed by atoms with Gasteiger partial charge < -0.3 is 19.4 Å². The highest BCUT2D eigenvalue weighted by Crippen LogP contribution is 2.41. The maximum Gasteiger partial charge on any atom is 0.258 e. The van der Waals surface area contributed by atoms with Crippen molar-refractivity contribution in [2.45, 2.75) is 44.2 Å². The molecule has 0 aliphatic carbocycles. The SMILES string of the molecule is O=C(c1ccccc1OCCN1CCOCC1)N1[C@H]2CC[C@H]1CC(Cc1ccc3cc[nH]c3n1)C2. The molecule has 1 N–H and O–H groups in total. The van der Waals surface area contributed by atoms with E-state index in [0.29, 0.717) is 35.9 Å². The number of fused-ring (bicyclic) bond motifs is 3. The fraction of sp³-hybridized carbons (Fsp3) is 0.500. The highest BCUT2D eigenvalue weighted by Gasteiger charge is 2.43. The fourth-order valence-electron chi connectivity index (χ4n) is 6.19. The van der Waals surface area contributed by atoms with Gasteiger partial charge in [0.25, 0.3) is 5.91 Å². The van der Waals surface area contributed by atoms with Crippen molar-refractivity contribution in [3.8, 4) is 5.75 Å². The highest BCUT2D eigenvalue weighted by molar-refractivity contribution is 5.97. The number of amides is 1. The molecule has 1 amide bonds. The molecule has 184 valence electrons. The summed E-state index contributed by atoms with van der Waals surface area (Å²) in [4.78, 5) is 26.3. The monoisotopic (exact) mass is 474 g/mol. The molecule has 0 saturated carbocycles. The lowest BCUT2D eigenvalue weighted by Gasteiger charge is -2.39. The molecule has 6 rings (SSSR count). The van der Waals surface area contributed by atoms with Crippen LogP contribution in [-0.2, 0) is 11.2 Å². The lowest BCUT2D eigenvalue weighted by atomic mass is 9.86. The molecule has 2 bridgehead atoms. The van der Waals surface area contributed by atoms with Crippen molar-refractivity contribution >= 4 is 16.9 Å². The number of aromatic nitrogens is 2. The molecule has 3 fully saturated rings. The average Bonchev–Trinajstić information content (AvgIpc) is 3.46. The van der Waals surface area contributed by atoms with Crippen LogP contribution in [0.2, 0.25) is 0 Å². The molecule has 3 aliphatic rings. The van der Waals surface area contributed by atoms with Crippen LogP contribution in [0.1, 0.15) is 41.7 Å². The van der Waals surface area contributed by atoms with E-state index in [1.54, 1.807) is 0 Å². The van der Waals surface area contributed by atoms with E-state index >= 15 is 0 Å². The van der Waals surface area contributed by atoms with E-state index in [1.165, 1.54) is 0 Å². The molecule has 0 unspecified atom stereocenters. The maximum atomic E-state index is 13.7. The van der Waals surface area contributed by atoms with Gasteiger partial charge in [0.1, 0.15) is 18.0 Å². The first-order valence-corrected chi connectivity index (χ1v) is 13.0. The van der Waals surface area contributed by atoms with Crippen molar-refractivity contribution in [3.63, 3.8) is 0 Å². The number of ether oxygens (including phenoxy) is 2. The van der Waals surface area contributed by atoms with Gasteiger partial charge in [-0.2, -0.15) is 0 Å². The second-order valence-corrected chi connectivity index (χ2v) is 10.2. The van der Waals surface area contributed by atoms with Crippen LogP contribution in [0, 0.1) is 5.92 Å². The second-order valence-electron chi connectivity index (χ2n) is 10.2. The summed E-state index contributed by atoms with van der Waals surface area (Å²) in [5.41, 5.74) is 2.80. The van der Waals surface area contributed by atoms with Gasteiger partial charge in [0, 0.05) is 49.0 Å². The molecule has 0 radical (unpaired) electrons. The van der Waals surface area contributed by atoms with Crippen molar-refractivity contribution in [3.05, 3.63) is 59.9 Å². The standard InChI is InChI=1S/C28H34N4O3/c33-28(25-3-1-2-4-26(25)35-16-13-31-11-14-34-15-12-31)32-23-7-8-24(32)19-20(18-23)17-22-6-5-21-9-10-29-27(21)30-22/h1-6,9-10,20,23-24H,7-8,11-19H2,(H,29,30)/t23-,24-/m0/s1. The van der Waals surface area contributed by atoms with Crippen molar-refractivity contribution in [2.75, 3.05) is 39.5 Å². The number of para-hydroxylation sites is 1. The molecule has 7 heteroatoms. The molecule has 35 heavy (non-hydrogen) atoms. The summed E-state index contributed by atoms with van der Waals surface area (Å²) in [7, 11) is 0. The van der Waals surface area contributed by atoms with Gasteiger partial charge in [-0.15, -0.1) is 0 Å². The van der Waals surface area contributed by atoms with Gasteiger partial charge in [0.05, 0.1) is 18.8 Å². The van der Waals surface area contributed by atoms with E-state index in [0.717, 1.165) is 81.7 Å². The van der Waals surface area contributed by atoms with E-state index in [9.17, 15) is 4.79 Å². The van der Waals surface area contributed by atoms with Crippen LogP contribution in [0.5, 0.6) is 5.75 Å². The largest absolute Gasteiger partial charge is 0.491 e. The van der Waals surface area contributed by atoms with Gasteiger partial charge in [-0.1, -0.05) is 12.1 Å². The second kappa shape index (κ2) is 9.99. The van der Waals surface area contributed by atoms with E-state index in [2.05, 4.69) is 33.0 Å². The molecule has 5 heterocycles. The number of H-pyrrole nitrogens is 1. The van der Waals surface area contributed by atoms with Crippen LogP contribution >= 0.6 is 0 Å². The van der Waals surface area contributed by atoms with Crippen LogP contribution in [0.25, 0.3) is 11.0 Å². The topological polar surface area (TPSA) is 70.7 Å². The van der Waals surface area contributed by atoms with Crippen molar-refractivity contribution in [1.82, 2.24) is 19.8 Å². The number of hydrogen-bond acceptors (Lipinski definition) is 5. The third-order valence-electron chi connectivity index (χ3n) is 7.92. The number of aromatic amines is 1. The molecular weight excluding hydrogens is 440 g/mol. The summed E-state index contributed by atoms with van der Waals surface area (Å²) >= 11 is 0. The predicted octanol–water partition coefficient (Wildman–Crippen LogP) is 3.90. The van der Waals surface area contributed by atoms with Crippen LogP contribution in [0.15, 0.2) is 48.7 Å². The minimum absolute atomic E-state index is 0.129. The molecule has 1 aromatic carbocycles. The first-order chi connectivity index (χ1) is 17.2. The first-order valence-electron chi connectivity index (χ1n) is 13.0. The molecule has 3 aliphatic heterocycles. The number of rotatable bonds is 7. The number of piperidine rings is 1. The maximum absolute atomic E-state index is 13.7. The minimum Gasteiger partial charge on any atom is -0.491 e. The Bertz CT molecular complexity index is 1160. The van der Waals surface area contributed by atoms with Gasteiger partial charge in [0.2, 0.25) is 0 Å². The Kier molecular flexibility index (Phi) is 6.44. The van der Waals surface area contributed by atoms with Gasteiger partial charge in [-0.05, 0) is 68.4 Å². The van der Waals surface area contributed by atoms with Crippen molar-refractivity contribution in [1.29, 1.82) is 0 Å². The zero-order chi connectivity index (χ0) is 23.6. The number of nitrogens with zero attached hydrogens (tertiary/aromatic N) is 3. The van der Waals surface area contributed by atoms with Crippen LogP contribution in [0.3, 0.4) is 0 Å². The third kappa shape index (κ3) is 4.80. The van der Waals surface area contributed by atoms with Crippen molar-refractivity contribution < 1.29 is 14.3 Å². The highest BCUT2D eigenvalue weighted by atomic mass is 16.5. The zero-order valence-electron chi connectivity index (χ0n) is 20.2. The molecule has 2 aromatic heterocycles. The normalized spacial score (nSPS) is 24.7. The number of hydrogen-bond donors (Lipinski definition) is 1. The molecule has 3 aromatic rings. The molecule has 7 nitrogen and oxygen atoms in total. The lowest BCUT2D eigenvalue weighted by molar-refractivity contribution is 0.0320. The Balaban J connectivity index is 1.10. The zero-order valence-corrected chi connectivity index (χ0v) is 20.2. The summed E-state index contributed by atoms with van der Waals surface area (Å²) in [5, 5.41) is 1.15. The van der Waals surface area contributed by atoms with Crippen LogP contribution in [0.4, 0.5) is 0 Å². The van der Waals surface area contributed by atoms with Gasteiger partial charge in [0.15, 0.2) is 0 Å². The predicted molar refractivity (Wildman–Crippen MR) is 135 cm³/mol. The first kappa shape index (κ1) is 22.6. The van der Waals surface area contributed by atoms with Crippen LogP contribution < -0.4 is 4.74 Å². The smallest absolute Gasteiger partial charge is 0.258 e. The number of benzene rings is 1. The van der Waals surface area contributed by atoms with E-state index in [4.69, 9.17) is 14.5 Å². The summed E-state index contributed by atoms with van der Waals surface area (Å²) in [6.07, 6.45) is 7.20. The third-order valence-corrected chi connectivity index (χ3v) is 7.92. The van der Waals surface area contributed by atoms with Crippen molar-refractivity contribution in [2.24, 2.45) is 5.92 Å². The van der Waals surface area contributed by atoms with Gasteiger partial charge >= 0.3 is 0 Å². The molecular formula is C28H34N4O3. The summed E-state index contributed by atoms with van der Waals surface area (Å²) < 4.78 is 11.6. The van der Waals surface area contributed by atoms with Crippen LogP contribution in [-0.4, -0.2) is 77.2 Å². The number of carbonyl (C=O) groups excluding carboxylic acids is 1. The Morgan fingerprint density at radius 2 is 1.86 bits per heavy atom. The number of morpholine rings is 1. The molecule has 3 saturated heterocycles. The van der Waals surface area contributed by atoms with E-state index in [-0.39, 0.29) is 5.91 Å². The average molecular weight is 475 g/mol. The summed E-state index contributed by atoms with van der Waals surface area (Å²) in [6, 6.07) is 14.7. The number of nitrogens with one attached hydrogen (secondary N) is 1. The number of carbonyl (C=O) groups is 1. The Morgan fingerprint density at radius 3 is 2.69 bits per heavy atom. The fourth-order valence-corrected chi connectivity index (χ4v) is 6.19. The summed E-state index contributed by atoms with van der Waals surface area (Å²) in [6.45, 7) is 4.88. The van der Waals surface area contributed by atoms with E-state index in [1.807, 2.05) is 30.5 Å². The Labute approximate surface area is 206 Å². The Hall–Kier alpha value is -2.90. The summed E-state index contributed by atoms with van der Waals surface area (Å²) in [5.74, 6) is 1.40. The van der Waals surface area contributed by atoms with E-state index < -0.39 is 0 Å². The Morgan fingerprint density at radius 1 is 1.06 bits per heavy atom. The molecule has 0 spiro atoms. The quantitative estimate of drug-likeness (QED) is 0.562. The molecule has 2 atom stereocenters. The minimum atomic E-state index is 0.129. The van der Waals surface area contributed by atoms with Gasteiger partial charge in [-0.3, -0.25) is 9.69 Å². The number of pyridine rings is 1.